The minimum atomic E-state index is -0.532. The molecule has 23 heavy (non-hydrogen) atoms. The van der Waals surface area contributed by atoms with E-state index in [4.69, 9.17) is 4.74 Å². The van der Waals surface area contributed by atoms with Gasteiger partial charge in [-0.3, -0.25) is 10.1 Å². The summed E-state index contributed by atoms with van der Waals surface area (Å²) in [5.41, 5.74) is -0.00852. The zero-order valence-corrected chi connectivity index (χ0v) is 13.7. The monoisotopic (exact) mass is 321 g/mol. The van der Waals surface area contributed by atoms with Crippen molar-refractivity contribution in [3.63, 3.8) is 0 Å². The summed E-state index contributed by atoms with van der Waals surface area (Å²) in [4.78, 5) is 24.5. The highest BCUT2D eigenvalue weighted by Gasteiger charge is 2.28. The van der Waals surface area contributed by atoms with Gasteiger partial charge in [-0.2, -0.15) is 0 Å². The molecule has 0 unspecified atom stereocenters. The number of anilines is 1. The molecule has 0 aliphatic carbocycles. The zero-order chi connectivity index (χ0) is 17.0. The van der Waals surface area contributed by atoms with Crippen molar-refractivity contribution in [2.24, 2.45) is 0 Å². The molecule has 7 nitrogen and oxygen atoms in total. The van der Waals surface area contributed by atoms with E-state index in [1.807, 2.05) is 20.8 Å². The molecule has 1 amide bonds. The average molecular weight is 321 g/mol. The number of benzene rings is 1. The number of hydrogen-bond acceptors (Lipinski definition) is 5. The Balaban J connectivity index is 2.02. The summed E-state index contributed by atoms with van der Waals surface area (Å²) >= 11 is 0. The van der Waals surface area contributed by atoms with Crippen LogP contribution in [-0.2, 0) is 4.74 Å². The third-order valence-corrected chi connectivity index (χ3v) is 3.53. The fourth-order valence-corrected chi connectivity index (χ4v) is 2.56. The Morgan fingerprint density at radius 2 is 2.09 bits per heavy atom. The summed E-state index contributed by atoms with van der Waals surface area (Å²) < 4.78 is 5.39. The van der Waals surface area contributed by atoms with Gasteiger partial charge in [0.2, 0.25) is 0 Å². The number of ether oxygens (including phenoxy) is 1. The molecule has 2 rings (SSSR count). The number of nitro benzene ring substituents is 1. The number of carbonyl (C=O) groups excluding carboxylic acids is 1. The van der Waals surface area contributed by atoms with E-state index in [0.29, 0.717) is 18.8 Å². The number of piperidine rings is 1. The van der Waals surface area contributed by atoms with Gasteiger partial charge in [0.1, 0.15) is 11.3 Å². The first-order valence-electron chi connectivity index (χ1n) is 7.74. The smallest absolute Gasteiger partial charge is 0.410 e. The molecule has 1 saturated heterocycles. The van der Waals surface area contributed by atoms with Crippen LogP contribution in [0.1, 0.15) is 33.6 Å². The van der Waals surface area contributed by atoms with Crippen LogP contribution in [0.4, 0.5) is 16.2 Å². The molecule has 1 aromatic carbocycles. The van der Waals surface area contributed by atoms with Gasteiger partial charge in [-0.1, -0.05) is 12.1 Å². The molecule has 7 heteroatoms. The number of nitro groups is 1. The van der Waals surface area contributed by atoms with E-state index < -0.39 is 10.5 Å². The predicted molar refractivity (Wildman–Crippen MR) is 87.5 cm³/mol. The van der Waals surface area contributed by atoms with Crippen molar-refractivity contribution in [2.75, 3.05) is 18.4 Å². The number of nitrogens with zero attached hydrogens (tertiary/aromatic N) is 2. The minimum Gasteiger partial charge on any atom is -0.444 e. The van der Waals surface area contributed by atoms with Crippen LogP contribution >= 0.6 is 0 Å². The SMILES string of the molecule is CC(C)(C)OC(=O)N1CCC[C@H](Nc2ccccc2[N+](=O)[O-])C1. The summed E-state index contributed by atoms with van der Waals surface area (Å²) in [5.74, 6) is 0. The lowest BCUT2D eigenvalue weighted by atomic mass is 10.1. The van der Waals surface area contributed by atoms with Gasteiger partial charge < -0.3 is 15.0 Å². The third kappa shape index (κ3) is 4.84. The molecule has 1 atom stereocenters. The van der Waals surface area contributed by atoms with Gasteiger partial charge in [0, 0.05) is 25.2 Å². The van der Waals surface area contributed by atoms with Gasteiger partial charge in [0.25, 0.3) is 5.69 Å². The lowest BCUT2D eigenvalue weighted by Crippen LogP contribution is -2.47. The highest BCUT2D eigenvalue weighted by molar-refractivity contribution is 5.68. The standard InChI is InChI=1S/C16H23N3O4/c1-16(2,3)23-15(20)18-10-6-7-12(11-18)17-13-8-4-5-9-14(13)19(21)22/h4-5,8-9,12,17H,6-7,10-11H2,1-3H3/t12-/m0/s1. The van der Waals surface area contributed by atoms with Crippen molar-refractivity contribution < 1.29 is 14.5 Å². The largest absolute Gasteiger partial charge is 0.444 e. The molecule has 1 N–H and O–H groups in total. The van der Waals surface area contributed by atoms with Crippen molar-refractivity contribution in [1.82, 2.24) is 4.90 Å². The Labute approximate surface area is 135 Å². The molecule has 0 saturated carbocycles. The van der Waals surface area contributed by atoms with Crippen LogP contribution < -0.4 is 5.32 Å². The Morgan fingerprint density at radius 3 is 2.74 bits per heavy atom. The van der Waals surface area contributed by atoms with Gasteiger partial charge in [0.05, 0.1) is 4.92 Å². The number of hydrogen-bond donors (Lipinski definition) is 1. The van der Waals surface area contributed by atoms with Crippen LogP contribution in [0.5, 0.6) is 0 Å². The van der Waals surface area contributed by atoms with Gasteiger partial charge in [0.15, 0.2) is 0 Å². The van der Waals surface area contributed by atoms with Crippen molar-refractivity contribution in [3.8, 4) is 0 Å². The first kappa shape index (κ1) is 17.1. The lowest BCUT2D eigenvalue weighted by Gasteiger charge is -2.34. The summed E-state index contributed by atoms with van der Waals surface area (Å²) in [6.07, 6.45) is 1.34. The Bertz CT molecular complexity index is 583. The van der Waals surface area contributed by atoms with Crippen molar-refractivity contribution in [1.29, 1.82) is 0 Å². The number of rotatable bonds is 3. The summed E-state index contributed by atoms with van der Waals surface area (Å²) in [6.45, 7) is 6.61. The van der Waals surface area contributed by atoms with Gasteiger partial charge in [-0.05, 0) is 39.7 Å². The van der Waals surface area contributed by atoms with E-state index in [0.717, 1.165) is 12.8 Å². The maximum atomic E-state index is 12.2. The maximum Gasteiger partial charge on any atom is 0.410 e. The van der Waals surface area contributed by atoms with E-state index in [-0.39, 0.29) is 17.8 Å². The summed E-state index contributed by atoms with van der Waals surface area (Å²) in [5, 5.41) is 14.3. The van der Waals surface area contributed by atoms with E-state index >= 15 is 0 Å². The van der Waals surface area contributed by atoms with E-state index in [1.165, 1.54) is 6.07 Å². The summed E-state index contributed by atoms with van der Waals surface area (Å²) in [7, 11) is 0. The molecule has 126 valence electrons. The molecule has 0 spiro atoms. The maximum absolute atomic E-state index is 12.2. The molecule has 1 fully saturated rings. The van der Waals surface area contributed by atoms with Crippen molar-refractivity contribution in [3.05, 3.63) is 34.4 Å². The Kier molecular flexibility index (Phi) is 5.08. The molecule has 0 bridgehead atoms. The summed E-state index contributed by atoms with van der Waals surface area (Å²) in [6, 6.07) is 6.51. The third-order valence-electron chi connectivity index (χ3n) is 3.53. The van der Waals surface area contributed by atoms with Crippen LogP contribution in [0, 0.1) is 10.1 Å². The first-order chi connectivity index (χ1) is 10.8. The van der Waals surface area contributed by atoms with Crippen LogP contribution in [0.15, 0.2) is 24.3 Å². The first-order valence-corrected chi connectivity index (χ1v) is 7.74. The second-order valence-electron chi connectivity index (χ2n) is 6.68. The van der Waals surface area contributed by atoms with Crippen LogP contribution in [-0.4, -0.2) is 40.6 Å². The molecule has 0 radical (unpaired) electrons. The molecule has 1 aliphatic rings. The highest BCUT2D eigenvalue weighted by atomic mass is 16.6. The normalized spacial score (nSPS) is 18.4. The number of para-hydroxylation sites is 2. The van der Waals surface area contributed by atoms with E-state index in [9.17, 15) is 14.9 Å². The van der Waals surface area contributed by atoms with Gasteiger partial charge in [-0.25, -0.2) is 4.79 Å². The van der Waals surface area contributed by atoms with Crippen molar-refractivity contribution in [2.45, 2.75) is 45.3 Å². The molecular formula is C16H23N3O4. The van der Waals surface area contributed by atoms with Gasteiger partial charge in [-0.15, -0.1) is 0 Å². The second kappa shape index (κ2) is 6.85. The van der Waals surface area contributed by atoms with Crippen LogP contribution in [0.2, 0.25) is 0 Å². The number of carbonyl (C=O) groups is 1. The fourth-order valence-electron chi connectivity index (χ4n) is 2.56. The molecule has 1 aromatic rings. The lowest BCUT2D eigenvalue weighted by molar-refractivity contribution is -0.384. The second-order valence-corrected chi connectivity index (χ2v) is 6.68. The highest BCUT2D eigenvalue weighted by Crippen LogP contribution is 2.26. The minimum absolute atomic E-state index is 0.0302. The van der Waals surface area contributed by atoms with Crippen molar-refractivity contribution >= 4 is 17.5 Å². The number of nitrogens with one attached hydrogen (secondary N) is 1. The molecule has 1 aliphatic heterocycles. The average Bonchev–Trinajstić information content (AvgIpc) is 2.46. The fraction of sp³-hybridized carbons (Fsp3) is 0.562. The molecule has 1 heterocycles. The zero-order valence-electron chi connectivity index (χ0n) is 13.7. The predicted octanol–water partition coefficient (Wildman–Crippen LogP) is 3.41. The topological polar surface area (TPSA) is 84.7 Å². The number of amides is 1. The molecular weight excluding hydrogens is 298 g/mol. The van der Waals surface area contributed by atoms with E-state index in [2.05, 4.69) is 5.32 Å². The Hall–Kier alpha value is -2.31. The Morgan fingerprint density at radius 1 is 1.39 bits per heavy atom. The van der Waals surface area contributed by atoms with Crippen LogP contribution in [0.3, 0.4) is 0 Å². The van der Waals surface area contributed by atoms with Gasteiger partial charge >= 0.3 is 6.09 Å². The molecule has 0 aromatic heterocycles. The quantitative estimate of drug-likeness (QED) is 0.681. The number of likely N-dealkylation sites (tertiary alicyclic amines) is 1. The van der Waals surface area contributed by atoms with E-state index in [1.54, 1.807) is 23.1 Å². The van der Waals surface area contributed by atoms with Crippen LogP contribution in [0.25, 0.3) is 0 Å².